The maximum Gasteiger partial charge on any atom is 0.161 e. The zero-order valence-electron chi connectivity index (χ0n) is 32.0. The Kier molecular flexibility index (Phi) is 7.50. The summed E-state index contributed by atoms with van der Waals surface area (Å²) in [5, 5.41) is 9.36. The summed E-state index contributed by atoms with van der Waals surface area (Å²) in [5.41, 5.74) is 12.6. The van der Waals surface area contributed by atoms with Crippen LogP contribution in [0.5, 0.6) is 0 Å². The molecule has 4 nitrogen and oxygen atoms in total. The van der Waals surface area contributed by atoms with Crippen molar-refractivity contribution in [2.24, 2.45) is 0 Å². The van der Waals surface area contributed by atoms with E-state index in [1.54, 1.807) is 0 Å². The maximum atomic E-state index is 6.41. The lowest BCUT2D eigenvalue weighted by Gasteiger charge is -2.28. The summed E-state index contributed by atoms with van der Waals surface area (Å²) in [6.07, 6.45) is 1.88. The van der Waals surface area contributed by atoms with Crippen molar-refractivity contribution in [2.45, 2.75) is 0 Å². The first-order valence-corrected chi connectivity index (χ1v) is 20.0. The van der Waals surface area contributed by atoms with Gasteiger partial charge in [0.05, 0.1) is 22.4 Å². The summed E-state index contributed by atoms with van der Waals surface area (Å²) in [4.78, 5) is 7.24. The lowest BCUT2D eigenvalue weighted by atomic mass is 9.98. The number of rotatable bonds is 6. The molecule has 59 heavy (non-hydrogen) atoms. The standard InChI is InChI=1S/C55H35N3O/c1-2-13-36(14-3-1)40-33-38-15-4-5-17-43(38)52(35-40)57(41-27-25-37(26-28-41)54-55-48(31-32-56-54)47-20-8-11-24-53(47)59-55)42-29-30-44-39(34-42)16-12-23-49(44)58-50-21-9-6-18-45(50)46-19-7-10-22-51(46)58/h1-35H. The topological polar surface area (TPSA) is 34.2 Å². The minimum Gasteiger partial charge on any atom is -0.454 e. The number of fused-ring (bicyclic) bond motifs is 8. The molecule has 0 radical (unpaired) electrons. The van der Waals surface area contributed by atoms with Gasteiger partial charge in [-0.05, 0) is 88.6 Å². The van der Waals surface area contributed by atoms with Gasteiger partial charge in [-0.1, -0.05) is 140 Å². The molecule has 0 saturated heterocycles. The molecule has 0 spiro atoms. The smallest absolute Gasteiger partial charge is 0.161 e. The minimum absolute atomic E-state index is 0.799. The Morgan fingerprint density at radius 1 is 0.407 bits per heavy atom. The molecule has 3 aromatic heterocycles. The van der Waals surface area contributed by atoms with Crippen molar-refractivity contribution in [3.63, 3.8) is 0 Å². The highest BCUT2D eigenvalue weighted by molar-refractivity contribution is 6.11. The summed E-state index contributed by atoms with van der Waals surface area (Å²) in [7, 11) is 0. The average Bonchev–Trinajstić information content (AvgIpc) is 3.85. The second kappa shape index (κ2) is 13.3. The summed E-state index contributed by atoms with van der Waals surface area (Å²) in [6.45, 7) is 0. The molecule has 12 aromatic rings. The van der Waals surface area contributed by atoms with Gasteiger partial charge in [0.2, 0.25) is 0 Å². The third-order valence-corrected chi connectivity index (χ3v) is 11.8. The van der Waals surface area contributed by atoms with Gasteiger partial charge in [0.25, 0.3) is 0 Å². The van der Waals surface area contributed by atoms with E-state index in [2.05, 4.69) is 198 Å². The lowest BCUT2D eigenvalue weighted by Crippen LogP contribution is -2.11. The number of aromatic nitrogens is 2. The quantitative estimate of drug-likeness (QED) is 0.170. The van der Waals surface area contributed by atoms with Crippen molar-refractivity contribution in [1.29, 1.82) is 0 Å². The van der Waals surface area contributed by atoms with Crippen LogP contribution < -0.4 is 4.90 Å². The molecule has 0 unspecified atom stereocenters. The molecule has 276 valence electrons. The third-order valence-electron chi connectivity index (χ3n) is 11.8. The Balaban J connectivity index is 1.06. The average molecular weight is 754 g/mol. The monoisotopic (exact) mass is 753 g/mol. The fourth-order valence-corrected chi connectivity index (χ4v) is 9.10. The summed E-state index contributed by atoms with van der Waals surface area (Å²) in [5.74, 6) is 0. The molecular weight excluding hydrogens is 719 g/mol. The van der Waals surface area contributed by atoms with Crippen LogP contribution in [0.15, 0.2) is 217 Å². The highest BCUT2D eigenvalue weighted by atomic mass is 16.3. The van der Waals surface area contributed by atoms with Gasteiger partial charge in [-0.3, -0.25) is 4.98 Å². The number of hydrogen-bond donors (Lipinski definition) is 0. The highest BCUT2D eigenvalue weighted by Gasteiger charge is 2.20. The SMILES string of the molecule is c1ccc(-c2cc(N(c3ccc(-c4nccc5c4oc4ccccc45)cc3)c3ccc4c(-n5c6ccccc6c6ccccc65)cccc4c3)c3ccccc3c2)cc1. The van der Waals surface area contributed by atoms with Crippen LogP contribution in [0, 0.1) is 0 Å². The van der Waals surface area contributed by atoms with E-state index in [0.29, 0.717) is 0 Å². The van der Waals surface area contributed by atoms with E-state index in [9.17, 15) is 0 Å². The first-order chi connectivity index (χ1) is 29.3. The third kappa shape index (κ3) is 5.34. The highest BCUT2D eigenvalue weighted by Crippen LogP contribution is 2.44. The molecule has 0 atom stereocenters. The molecule has 0 aliphatic heterocycles. The van der Waals surface area contributed by atoms with Gasteiger partial charge in [0, 0.05) is 55.5 Å². The van der Waals surface area contributed by atoms with Gasteiger partial charge in [-0.2, -0.15) is 0 Å². The van der Waals surface area contributed by atoms with E-state index < -0.39 is 0 Å². The van der Waals surface area contributed by atoms with Crippen LogP contribution in [0.1, 0.15) is 0 Å². The molecule has 0 N–H and O–H groups in total. The van der Waals surface area contributed by atoms with Crippen molar-refractivity contribution in [3.8, 4) is 28.1 Å². The molecular formula is C55H35N3O. The van der Waals surface area contributed by atoms with Crippen molar-refractivity contribution in [3.05, 3.63) is 212 Å². The van der Waals surface area contributed by atoms with E-state index in [1.165, 1.54) is 43.5 Å². The summed E-state index contributed by atoms with van der Waals surface area (Å²) < 4.78 is 8.82. The van der Waals surface area contributed by atoms with E-state index in [-0.39, 0.29) is 0 Å². The molecule has 0 aliphatic rings. The molecule has 12 rings (SSSR count). The second-order valence-corrected chi connectivity index (χ2v) is 15.2. The van der Waals surface area contributed by atoms with E-state index in [0.717, 1.165) is 66.9 Å². The molecule has 0 amide bonds. The van der Waals surface area contributed by atoms with Crippen LogP contribution in [0.4, 0.5) is 17.1 Å². The summed E-state index contributed by atoms with van der Waals surface area (Å²) >= 11 is 0. The van der Waals surface area contributed by atoms with Gasteiger partial charge in [-0.25, -0.2) is 0 Å². The Morgan fingerprint density at radius 3 is 1.85 bits per heavy atom. The second-order valence-electron chi connectivity index (χ2n) is 15.2. The lowest BCUT2D eigenvalue weighted by molar-refractivity contribution is 0.668. The van der Waals surface area contributed by atoms with E-state index >= 15 is 0 Å². The van der Waals surface area contributed by atoms with Crippen LogP contribution in [0.3, 0.4) is 0 Å². The van der Waals surface area contributed by atoms with Crippen molar-refractivity contribution >= 4 is 82.4 Å². The number of furan rings is 1. The first kappa shape index (κ1) is 33.2. The zero-order valence-corrected chi connectivity index (χ0v) is 32.0. The van der Waals surface area contributed by atoms with Gasteiger partial charge in [0.15, 0.2) is 5.58 Å². The predicted octanol–water partition coefficient (Wildman–Crippen LogP) is 15.2. The fraction of sp³-hybridized carbons (Fsp3) is 0. The number of anilines is 3. The Morgan fingerprint density at radius 2 is 1.05 bits per heavy atom. The van der Waals surface area contributed by atoms with Crippen LogP contribution in [0.25, 0.3) is 93.4 Å². The van der Waals surface area contributed by atoms with Crippen molar-refractivity contribution in [1.82, 2.24) is 9.55 Å². The largest absolute Gasteiger partial charge is 0.454 e. The first-order valence-electron chi connectivity index (χ1n) is 20.0. The van der Waals surface area contributed by atoms with Crippen LogP contribution >= 0.6 is 0 Å². The normalized spacial score (nSPS) is 11.7. The molecule has 0 bridgehead atoms. The van der Waals surface area contributed by atoms with Gasteiger partial charge in [-0.15, -0.1) is 0 Å². The molecule has 0 saturated carbocycles. The molecule has 4 heteroatoms. The number of pyridine rings is 1. The van der Waals surface area contributed by atoms with Crippen molar-refractivity contribution < 1.29 is 4.42 Å². The van der Waals surface area contributed by atoms with Gasteiger partial charge < -0.3 is 13.9 Å². The minimum atomic E-state index is 0.799. The zero-order chi connectivity index (χ0) is 38.9. The van der Waals surface area contributed by atoms with E-state index in [4.69, 9.17) is 9.40 Å². The van der Waals surface area contributed by atoms with Gasteiger partial charge >= 0.3 is 0 Å². The molecule has 0 aliphatic carbocycles. The number of nitrogens with zero attached hydrogens (tertiary/aromatic N) is 3. The molecule has 0 fully saturated rings. The Hall–Kier alpha value is -7.95. The van der Waals surface area contributed by atoms with Crippen LogP contribution in [-0.2, 0) is 0 Å². The van der Waals surface area contributed by atoms with Crippen molar-refractivity contribution in [2.75, 3.05) is 4.90 Å². The van der Waals surface area contributed by atoms with E-state index in [1.807, 2.05) is 24.4 Å². The summed E-state index contributed by atoms with van der Waals surface area (Å²) in [6, 6.07) is 73.9. The fourth-order valence-electron chi connectivity index (χ4n) is 9.10. The van der Waals surface area contributed by atoms with Gasteiger partial charge in [0.1, 0.15) is 11.3 Å². The van der Waals surface area contributed by atoms with Crippen LogP contribution in [0.2, 0.25) is 0 Å². The number of benzene rings is 9. The number of para-hydroxylation sites is 3. The Labute approximate surface area is 340 Å². The molecule has 3 heterocycles. The molecule has 9 aromatic carbocycles. The van der Waals surface area contributed by atoms with Crippen LogP contribution in [-0.4, -0.2) is 9.55 Å². The maximum absolute atomic E-state index is 6.41. The number of hydrogen-bond acceptors (Lipinski definition) is 3. The predicted molar refractivity (Wildman–Crippen MR) is 246 cm³/mol. The Bertz CT molecular complexity index is 3510.